The Bertz CT molecular complexity index is 341. The van der Waals surface area contributed by atoms with Crippen molar-refractivity contribution in [3.8, 4) is 0 Å². The second-order valence-corrected chi connectivity index (χ2v) is 3.48. The number of halogens is 2. The van der Waals surface area contributed by atoms with E-state index in [1.807, 2.05) is 0 Å². The lowest BCUT2D eigenvalue weighted by Crippen LogP contribution is -2.24. The Balaban J connectivity index is 3.13. The molecule has 0 saturated carbocycles. The first kappa shape index (κ1) is 10.1. The van der Waals surface area contributed by atoms with E-state index in [0.29, 0.717) is 4.60 Å². The molecular weight excluding hydrogens is 239 g/mol. The molecule has 0 saturated heterocycles. The van der Waals surface area contributed by atoms with Crippen LogP contribution in [0.2, 0.25) is 0 Å². The van der Waals surface area contributed by atoms with Crippen molar-refractivity contribution < 1.29 is 9.18 Å². The number of pyridine rings is 1. The fourth-order valence-corrected chi connectivity index (χ4v) is 1.09. The molecule has 0 radical (unpaired) electrons. The first-order chi connectivity index (χ1) is 6.02. The number of hydrogen-bond donors (Lipinski definition) is 0. The number of carbonyl (C=O) groups excluding carboxylic acids is 1. The smallest absolute Gasteiger partial charge is 0.275 e. The van der Waals surface area contributed by atoms with E-state index in [-0.39, 0.29) is 5.69 Å². The third-order valence-corrected chi connectivity index (χ3v) is 1.86. The maximum atomic E-state index is 13.0. The molecule has 0 bridgehead atoms. The molecule has 0 aliphatic heterocycles. The summed E-state index contributed by atoms with van der Waals surface area (Å²) in [5, 5.41) is 0. The SMILES string of the molecule is CN(C)C(=O)c1nc(Br)ccc1F. The predicted octanol–water partition coefficient (Wildman–Crippen LogP) is 1.69. The highest BCUT2D eigenvalue weighted by Gasteiger charge is 2.15. The van der Waals surface area contributed by atoms with Crippen LogP contribution in [0.5, 0.6) is 0 Å². The summed E-state index contributed by atoms with van der Waals surface area (Å²) in [4.78, 5) is 16.3. The first-order valence-corrected chi connectivity index (χ1v) is 4.35. The second-order valence-electron chi connectivity index (χ2n) is 2.66. The van der Waals surface area contributed by atoms with Gasteiger partial charge in [0.25, 0.3) is 5.91 Å². The van der Waals surface area contributed by atoms with Gasteiger partial charge in [-0.05, 0) is 28.1 Å². The summed E-state index contributed by atoms with van der Waals surface area (Å²) in [6, 6.07) is 2.65. The van der Waals surface area contributed by atoms with E-state index in [1.54, 1.807) is 14.1 Å². The molecule has 1 aromatic heterocycles. The third-order valence-electron chi connectivity index (χ3n) is 1.42. The zero-order chi connectivity index (χ0) is 10.0. The highest BCUT2D eigenvalue weighted by Crippen LogP contribution is 2.11. The Morgan fingerprint density at radius 2 is 2.15 bits per heavy atom. The Morgan fingerprint density at radius 3 is 2.69 bits per heavy atom. The molecule has 1 heterocycles. The lowest BCUT2D eigenvalue weighted by Gasteiger charge is -2.09. The first-order valence-electron chi connectivity index (χ1n) is 3.56. The lowest BCUT2D eigenvalue weighted by atomic mass is 10.3. The maximum Gasteiger partial charge on any atom is 0.275 e. The summed E-state index contributed by atoms with van der Waals surface area (Å²) in [6.07, 6.45) is 0. The summed E-state index contributed by atoms with van der Waals surface area (Å²) in [7, 11) is 3.09. The van der Waals surface area contributed by atoms with Gasteiger partial charge in [0, 0.05) is 14.1 Å². The molecule has 0 aliphatic carbocycles. The van der Waals surface area contributed by atoms with Gasteiger partial charge in [0.1, 0.15) is 4.60 Å². The highest BCUT2D eigenvalue weighted by atomic mass is 79.9. The van der Waals surface area contributed by atoms with Crippen molar-refractivity contribution in [3.63, 3.8) is 0 Å². The van der Waals surface area contributed by atoms with Gasteiger partial charge >= 0.3 is 0 Å². The Morgan fingerprint density at radius 1 is 1.54 bits per heavy atom. The molecule has 0 fully saturated rings. The zero-order valence-corrected chi connectivity index (χ0v) is 8.80. The van der Waals surface area contributed by atoms with E-state index >= 15 is 0 Å². The largest absolute Gasteiger partial charge is 0.343 e. The Hall–Kier alpha value is -0.970. The fourth-order valence-electron chi connectivity index (χ4n) is 0.780. The molecule has 0 aromatic carbocycles. The molecule has 5 heteroatoms. The Kier molecular flexibility index (Phi) is 2.98. The van der Waals surface area contributed by atoms with Crippen LogP contribution in [-0.2, 0) is 0 Å². The van der Waals surface area contributed by atoms with E-state index in [0.717, 1.165) is 0 Å². The van der Waals surface area contributed by atoms with Crippen LogP contribution >= 0.6 is 15.9 Å². The van der Waals surface area contributed by atoms with Crippen molar-refractivity contribution >= 4 is 21.8 Å². The average molecular weight is 247 g/mol. The number of hydrogen-bond acceptors (Lipinski definition) is 2. The number of carbonyl (C=O) groups is 1. The molecule has 0 spiro atoms. The Labute approximate surface area is 83.7 Å². The molecule has 1 amide bonds. The zero-order valence-electron chi connectivity index (χ0n) is 7.21. The molecular formula is C8H8BrFN2O. The van der Waals surface area contributed by atoms with Crippen LogP contribution in [0.15, 0.2) is 16.7 Å². The summed E-state index contributed by atoms with van der Waals surface area (Å²) < 4.78 is 13.5. The van der Waals surface area contributed by atoms with Crippen molar-refractivity contribution in [1.29, 1.82) is 0 Å². The van der Waals surface area contributed by atoms with Gasteiger partial charge in [0.05, 0.1) is 0 Å². The van der Waals surface area contributed by atoms with Crippen molar-refractivity contribution in [3.05, 3.63) is 28.2 Å². The monoisotopic (exact) mass is 246 g/mol. The van der Waals surface area contributed by atoms with Gasteiger partial charge in [-0.15, -0.1) is 0 Å². The van der Waals surface area contributed by atoms with Crippen LogP contribution in [0.1, 0.15) is 10.5 Å². The van der Waals surface area contributed by atoms with Crippen LogP contribution in [0.25, 0.3) is 0 Å². The molecule has 3 nitrogen and oxygen atoms in total. The normalized spacial score (nSPS) is 9.85. The molecule has 0 N–H and O–H groups in total. The second kappa shape index (κ2) is 3.83. The van der Waals surface area contributed by atoms with Crippen LogP contribution in [-0.4, -0.2) is 29.9 Å². The van der Waals surface area contributed by atoms with Gasteiger partial charge in [-0.3, -0.25) is 4.79 Å². The molecule has 1 rings (SSSR count). The minimum absolute atomic E-state index is 0.167. The predicted molar refractivity (Wildman–Crippen MR) is 49.9 cm³/mol. The van der Waals surface area contributed by atoms with Crippen LogP contribution < -0.4 is 0 Å². The standard InChI is InChI=1S/C8H8BrFN2O/c1-12(2)8(13)7-5(10)3-4-6(9)11-7/h3-4H,1-2H3. The summed E-state index contributed by atoms with van der Waals surface area (Å²) >= 11 is 3.07. The van der Waals surface area contributed by atoms with Crippen molar-refractivity contribution in [1.82, 2.24) is 9.88 Å². The molecule has 0 unspecified atom stereocenters. The van der Waals surface area contributed by atoms with Gasteiger partial charge in [-0.2, -0.15) is 0 Å². The van der Waals surface area contributed by atoms with Crippen molar-refractivity contribution in [2.24, 2.45) is 0 Å². The van der Waals surface area contributed by atoms with Crippen LogP contribution in [0, 0.1) is 5.82 Å². The minimum Gasteiger partial charge on any atom is -0.343 e. The molecule has 1 aromatic rings. The number of rotatable bonds is 1. The van der Waals surface area contributed by atoms with Crippen LogP contribution in [0.3, 0.4) is 0 Å². The number of nitrogens with zero attached hydrogens (tertiary/aromatic N) is 2. The molecule has 0 atom stereocenters. The van der Waals surface area contributed by atoms with E-state index < -0.39 is 11.7 Å². The maximum absolute atomic E-state index is 13.0. The molecule has 13 heavy (non-hydrogen) atoms. The summed E-state index contributed by atoms with van der Waals surface area (Å²) in [5.74, 6) is -1.05. The average Bonchev–Trinajstić information content (AvgIpc) is 2.08. The van der Waals surface area contributed by atoms with Gasteiger partial charge < -0.3 is 4.90 Å². The van der Waals surface area contributed by atoms with Crippen molar-refractivity contribution in [2.75, 3.05) is 14.1 Å². The quantitative estimate of drug-likeness (QED) is 0.707. The van der Waals surface area contributed by atoms with E-state index in [1.165, 1.54) is 17.0 Å². The van der Waals surface area contributed by atoms with E-state index in [4.69, 9.17) is 0 Å². The highest BCUT2D eigenvalue weighted by molar-refractivity contribution is 9.10. The van der Waals surface area contributed by atoms with Gasteiger partial charge in [0.2, 0.25) is 0 Å². The van der Waals surface area contributed by atoms with Crippen molar-refractivity contribution in [2.45, 2.75) is 0 Å². The number of aromatic nitrogens is 1. The molecule has 70 valence electrons. The fraction of sp³-hybridized carbons (Fsp3) is 0.250. The topological polar surface area (TPSA) is 33.2 Å². The lowest BCUT2D eigenvalue weighted by molar-refractivity contribution is 0.0816. The summed E-state index contributed by atoms with van der Waals surface area (Å²) in [5.41, 5.74) is -0.167. The summed E-state index contributed by atoms with van der Waals surface area (Å²) in [6.45, 7) is 0. The van der Waals surface area contributed by atoms with E-state index in [9.17, 15) is 9.18 Å². The third kappa shape index (κ3) is 2.24. The van der Waals surface area contributed by atoms with Gasteiger partial charge in [0.15, 0.2) is 11.5 Å². The number of amides is 1. The van der Waals surface area contributed by atoms with Gasteiger partial charge in [-0.25, -0.2) is 9.37 Å². The van der Waals surface area contributed by atoms with E-state index in [2.05, 4.69) is 20.9 Å². The molecule has 0 aliphatic rings. The van der Waals surface area contributed by atoms with Gasteiger partial charge in [-0.1, -0.05) is 0 Å². The minimum atomic E-state index is -0.609. The van der Waals surface area contributed by atoms with Crippen LogP contribution in [0.4, 0.5) is 4.39 Å².